The molecule has 2 aliphatic rings. The molecule has 0 spiro atoms. The first-order valence-electron chi connectivity index (χ1n) is 12.6. The van der Waals surface area contributed by atoms with Crippen molar-refractivity contribution in [1.82, 2.24) is 9.80 Å². The Bertz CT molecular complexity index is 1130. The fraction of sp³-hybridized carbons (Fsp3) is 0.483. The van der Waals surface area contributed by atoms with Crippen molar-refractivity contribution in [2.24, 2.45) is 5.92 Å². The van der Waals surface area contributed by atoms with Crippen molar-refractivity contribution in [3.05, 3.63) is 52.7 Å². The van der Waals surface area contributed by atoms with Crippen molar-refractivity contribution in [3.63, 3.8) is 0 Å². The molecule has 0 bridgehead atoms. The SMILES string of the molecule is COc1cc2c(cc1OC)CC(=O)N(CCCN(C)C(C)C1Cc3ccc(OC)c(OC)c3C1)C=C2. The number of carbonyl (C=O) groups excluding carboxylic acids is 1. The number of amides is 1. The van der Waals surface area contributed by atoms with Crippen LogP contribution in [0.3, 0.4) is 0 Å². The van der Waals surface area contributed by atoms with Crippen molar-refractivity contribution >= 4 is 12.0 Å². The molecule has 1 aliphatic heterocycles. The van der Waals surface area contributed by atoms with Gasteiger partial charge in [0.05, 0.1) is 34.9 Å². The zero-order valence-corrected chi connectivity index (χ0v) is 22.3. The highest BCUT2D eigenvalue weighted by molar-refractivity contribution is 5.84. The van der Waals surface area contributed by atoms with Crippen LogP contribution in [-0.2, 0) is 24.1 Å². The van der Waals surface area contributed by atoms with E-state index in [1.54, 1.807) is 28.4 Å². The maximum absolute atomic E-state index is 13.0. The van der Waals surface area contributed by atoms with E-state index < -0.39 is 0 Å². The van der Waals surface area contributed by atoms with E-state index in [9.17, 15) is 4.79 Å². The van der Waals surface area contributed by atoms with Crippen molar-refractivity contribution < 1.29 is 23.7 Å². The van der Waals surface area contributed by atoms with E-state index in [1.807, 2.05) is 35.4 Å². The molecule has 1 amide bonds. The Hall–Kier alpha value is -3.19. The van der Waals surface area contributed by atoms with Gasteiger partial charge in [0.15, 0.2) is 23.0 Å². The fourth-order valence-corrected chi connectivity index (χ4v) is 5.42. The van der Waals surface area contributed by atoms with Crippen LogP contribution in [0.4, 0.5) is 0 Å². The quantitative estimate of drug-likeness (QED) is 0.493. The van der Waals surface area contributed by atoms with Crippen LogP contribution < -0.4 is 18.9 Å². The zero-order valence-electron chi connectivity index (χ0n) is 22.3. The second kappa shape index (κ2) is 11.2. The summed E-state index contributed by atoms with van der Waals surface area (Å²) < 4.78 is 22.0. The summed E-state index contributed by atoms with van der Waals surface area (Å²) in [5, 5.41) is 0. The second-order valence-electron chi connectivity index (χ2n) is 9.67. The minimum absolute atomic E-state index is 0.0974. The summed E-state index contributed by atoms with van der Waals surface area (Å²) in [6, 6.07) is 8.42. The van der Waals surface area contributed by atoms with Gasteiger partial charge >= 0.3 is 0 Å². The van der Waals surface area contributed by atoms with Crippen LogP contribution >= 0.6 is 0 Å². The maximum atomic E-state index is 13.0. The molecular weight excluding hydrogens is 456 g/mol. The van der Waals surface area contributed by atoms with Gasteiger partial charge in [0, 0.05) is 24.4 Å². The summed E-state index contributed by atoms with van der Waals surface area (Å²) in [5.74, 6) is 3.60. The largest absolute Gasteiger partial charge is 0.493 e. The molecule has 2 unspecified atom stereocenters. The lowest BCUT2D eigenvalue weighted by molar-refractivity contribution is -0.127. The number of carbonyl (C=O) groups is 1. The standard InChI is InChI=1S/C29H38N2O5/c1-19(22-14-21-8-9-25(33-3)29(36-6)24(21)15-22)30(2)11-7-12-31-13-10-20-16-26(34-4)27(35-5)17-23(20)18-28(31)32/h8-10,13,16-17,19,22H,7,11-12,14-15,18H2,1-6H3. The smallest absolute Gasteiger partial charge is 0.230 e. The van der Waals surface area contributed by atoms with Gasteiger partial charge < -0.3 is 28.7 Å². The molecule has 7 heteroatoms. The molecule has 2 atom stereocenters. The summed E-state index contributed by atoms with van der Waals surface area (Å²) in [6.07, 6.45) is 7.17. The van der Waals surface area contributed by atoms with Gasteiger partial charge in [0.2, 0.25) is 5.91 Å². The predicted molar refractivity (Wildman–Crippen MR) is 141 cm³/mol. The third kappa shape index (κ3) is 5.16. The molecule has 0 aromatic heterocycles. The van der Waals surface area contributed by atoms with Gasteiger partial charge in [0.25, 0.3) is 0 Å². The van der Waals surface area contributed by atoms with Crippen molar-refractivity contribution in [3.8, 4) is 23.0 Å². The number of methoxy groups -OCH3 is 4. The van der Waals surface area contributed by atoms with Gasteiger partial charge in [-0.05, 0) is 86.7 Å². The van der Waals surface area contributed by atoms with E-state index in [4.69, 9.17) is 18.9 Å². The molecule has 36 heavy (non-hydrogen) atoms. The first-order valence-corrected chi connectivity index (χ1v) is 12.6. The molecule has 1 heterocycles. The summed E-state index contributed by atoms with van der Waals surface area (Å²) in [5.41, 5.74) is 4.57. The molecule has 0 N–H and O–H groups in total. The minimum atomic E-state index is 0.0974. The number of ether oxygens (including phenoxy) is 4. The Morgan fingerprint density at radius 2 is 1.69 bits per heavy atom. The van der Waals surface area contributed by atoms with E-state index in [1.165, 1.54) is 11.1 Å². The molecule has 7 nitrogen and oxygen atoms in total. The maximum Gasteiger partial charge on any atom is 0.230 e. The number of benzene rings is 2. The third-order valence-corrected chi connectivity index (χ3v) is 7.72. The summed E-state index contributed by atoms with van der Waals surface area (Å²) in [6.45, 7) is 3.90. The fourth-order valence-electron chi connectivity index (χ4n) is 5.42. The molecule has 4 rings (SSSR count). The van der Waals surface area contributed by atoms with Crippen LogP contribution in [0.1, 0.15) is 35.6 Å². The second-order valence-corrected chi connectivity index (χ2v) is 9.67. The molecule has 2 aromatic rings. The molecule has 0 saturated heterocycles. The first-order chi connectivity index (χ1) is 17.4. The predicted octanol–water partition coefficient (Wildman–Crippen LogP) is 4.20. The highest BCUT2D eigenvalue weighted by atomic mass is 16.5. The van der Waals surface area contributed by atoms with Crippen molar-refractivity contribution in [1.29, 1.82) is 0 Å². The van der Waals surface area contributed by atoms with Crippen molar-refractivity contribution in [2.45, 2.75) is 38.6 Å². The molecule has 1 aliphatic carbocycles. The molecular formula is C29H38N2O5. The van der Waals surface area contributed by atoms with Gasteiger partial charge in [-0.25, -0.2) is 0 Å². The Morgan fingerprint density at radius 1 is 0.972 bits per heavy atom. The van der Waals surface area contributed by atoms with E-state index in [-0.39, 0.29) is 5.91 Å². The highest BCUT2D eigenvalue weighted by Gasteiger charge is 2.31. The lowest BCUT2D eigenvalue weighted by Gasteiger charge is -2.30. The Labute approximate surface area is 214 Å². The summed E-state index contributed by atoms with van der Waals surface area (Å²) in [4.78, 5) is 17.2. The number of hydrogen-bond donors (Lipinski definition) is 0. The number of fused-ring (bicyclic) bond motifs is 2. The minimum Gasteiger partial charge on any atom is -0.493 e. The zero-order chi connectivity index (χ0) is 25.8. The molecule has 194 valence electrons. The van der Waals surface area contributed by atoms with Crippen LogP contribution in [0, 0.1) is 5.92 Å². The lowest BCUT2D eigenvalue weighted by Crippen LogP contribution is -2.38. The van der Waals surface area contributed by atoms with Crippen LogP contribution in [0.15, 0.2) is 30.5 Å². The van der Waals surface area contributed by atoms with E-state index in [0.29, 0.717) is 36.4 Å². The molecule has 2 aromatic carbocycles. The number of nitrogens with zero attached hydrogens (tertiary/aromatic N) is 2. The topological polar surface area (TPSA) is 60.5 Å². The molecule has 0 fully saturated rings. The average Bonchev–Trinajstić information content (AvgIpc) is 3.27. The summed E-state index contributed by atoms with van der Waals surface area (Å²) >= 11 is 0. The Morgan fingerprint density at radius 3 is 2.39 bits per heavy atom. The average molecular weight is 495 g/mol. The summed E-state index contributed by atoms with van der Waals surface area (Å²) in [7, 11) is 8.81. The Balaban J connectivity index is 1.33. The Kier molecular flexibility index (Phi) is 8.09. The van der Waals surface area contributed by atoms with Gasteiger partial charge in [-0.3, -0.25) is 4.79 Å². The van der Waals surface area contributed by atoms with Gasteiger partial charge in [-0.1, -0.05) is 6.07 Å². The first kappa shape index (κ1) is 25.9. The van der Waals surface area contributed by atoms with E-state index in [0.717, 1.165) is 48.4 Å². The van der Waals surface area contributed by atoms with E-state index >= 15 is 0 Å². The lowest BCUT2D eigenvalue weighted by atomic mass is 9.96. The molecule has 0 saturated carbocycles. The highest BCUT2D eigenvalue weighted by Crippen LogP contribution is 2.41. The van der Waals surface area contributed by atoms with Crippen LogP contribution in [0.25, 0.3) is 6.08 Å². The van der Waals surface area contributed by atoms with Crippen LogP contribution in [0.2, 0.25) is 0 Å². The van der Waals surface area contributed by atoms with Gasteiger partial charge in [-0.15, -0.1) is 0 Å². The number of hydrogen-bond acceptors (Lipinski definition) is 6. The third-order valence-electron chi connectivity index (χ3n) is 7.72. The monoisotopic (exact) mass is 494 g/mol. The van der Waals surface area contributed by atoms with Crippen LogP contribution in [0.5, 0.6) is 23.0 Å². The van der Waals surface area contributed by atoms with Gasteiger partial charge in [0.1, 0.15) is 0 Å². The normalized spacial score (nSPS) is 17.5. The van der Waals surface area contributed by atoms with Gasteiger partial charge in [-0.2, -0.15) is 0 Å². The molecule has 0 radical (unpaired) electrons. The van der Waals surface area contributed by atoms with E-state index in [2.05, 4.69) is 24.9 Å². The number of rotatable bonds is 10. The van der Waals surface area contributed by atoms with Crippen molar-refractivity contribution in [2.75, 3.05) is 48.6 Å². The van der Waals surface area contributed by atoms with Crippen LogP contribution in [-0.4, -0.2) is 70.3 Å².